The van der Waals surface area contributed by atoms with Gasteiger partial charge in [0.1, 0.15) is 28.3 Å². The van der Waals surface area contributed by atoms with Crippen LogP contribution in [0, 0.1) is 22.7 Å². The van der Waals surface area contributed by atoms with Crippen molar-refractivity contribution in [2.24, 2.45) is 0 Å². The average molecular weight is 229 g/mol. The average Bonchev–Trinajstić information content (AvgIpc) is 2.16. The Kier molecular flexibility index (Phi) is 2.71. The van der Waals surface area contributed by atoms with Gasteiger partial charge in [-0.25, -0.2) is 0 Å². The molecule has 2 N–H and O–H groups in total. The Morgan fingerprint density at radius 1 is 0.857 bits per heavy atom. The van der Waals surface area contributed by atoms with E-state index in [2.05, 4.69) is 0 Å². The minimum Gasteiger partial charge on any atom is -0.505 e. The van der Waals surface area contributed by atoms with Crippen LogP contribution in [0.25, 0.3) is 0 Å². The summed E-state index contributed by atoms with van der Waals surface area (Å²) in [6.07, 6.45) is 0. The number of phenolic OH excluding ortho intramolecular Hbond substituents is 2. The van der Waals surface area contributed by atoms with Crippen LogP contribution in [-0.2, 0) is 0 Å². The van der Waals surface area contributed by atoms with E-state index >= 15 is 0 Å². The molecule has 1 aromatic rings. The van der Waals surface area contributed by atoms with Gasteiger partial charge in [0, 0.05) is 0 Å². The quantitative estimate of drug-likeness (QED) is 0.713. The van der Waals surface area contributed by atoms with E-state index in [0.717, 1.165) is 0 Å². The largest absolute Gasteiger partial charge is 0.505 e. The number of halogens is 2. The van der Waals surface area contributed by atoms with E-state index in [1.54, 1.807) is 12.1 Å². The van der Waals surface area contributed by atoms with Gasteiger partial charge < -0.3 is 10.2 Å². The van der Waals surface area contributed by atoms with Gasteiger partial charge in [0.25, 0.3) is 0 Å². The van der Waals surface area contributed by atoms with Gasteiger partial charge in [-0.1, -0.05) is 23.2 Å². The predicted octanol–water partition coefficient (Wildman–Crippen LogP) is 2.15. The van der Waals surface area contributed by atoms with Gasteiger partial charge in [0.15, 0.2) is 11.5 Å². The molecule has 0 saturated carbocycles. The van der Waals surface area contributed by atoms with Crippen LogP contribution in [0.15, 0.2) is 0 Å². The molecule has 0 radical (unpaired) electrons. The Hall–Kier alpha value is -1.62. The maximum Gasteiger partial charge on any atom is 0.157 e. The molecule has 0 spiro atoms. The van der Waals surface area contributed by atoms with Crippen LogP contribution in [0.3, 0.4) is 0 Å². The first-order valence-electron chi connectivity index (χ1n) is 3.27. The van der Waals surface area contributed by atoms with E-state index in [1.807, 2.05) is 0 Å². The first-order chi connectivity index (χ1) is 6.54. The van der Waals surface area contributed by atoms with Crippen LogP contribution in [0.5, 0.6) is 11.5 Å². The zero-order chi connectivity index (χ0) is 10.9. The van der Waals surface area contributed by atoms with Crippen molar-refractivity contribution in [3.05, 3.63) is 21.2 Å². The highest BCUT2D eigenvalue weighted by atomic mass is 35.5. The monoisotopic (exact) mass is 228 g/mol. The Bertz CT molecular complexity index is 445. The molecule has 1 aromatic carbocycles. The van der Waals surface area contributed by atoms with Crippen molar-refractivity contribution in [2.45, 2.75) is 0 Å². The lowest BCUT2D eigenvalue weighted by Crippen LogP contribution is -1.87. The van der Waals surface area contributed by atoms with Crippen LogP contribution in [0.2, 0.25) is 10.0 Å². The van der Waals surface area contributed by atoms with Crippen molar-refractivity contribution in [1.29, 1.82) is 10.5 Å². The summed E-state index contributed by atoms with van der Waals surface area (Å²) in [4.78, 5) is 0. The second-order valence-electron chi connectivity index (χ2n) is 2.30. The van der Waals surface area contributed by atoms with Crippen LogP contribution in [0.4, 0.5) is 0 Å². The Morgan fingerprint density at radius 2 is 1.21 bits per heavy atom. The van der Waals surface area contributed by atoms with Gasteiger partial charge in [0.2, 0.25) is 0 Å². The summed E-state index contributed by atoms with van der Waals surface area (Å²) >= 11 is 11.0. The first-order valence-corrected chi connectivity index (χ1v) is 4.03. The summed E-state index contributed by atoms with van der Waals surface area (Å²) in [7, 11) is 0. The molecule has 6 heteroatoms. The lowest BCUT2D eigenvalue weighted by Gasteiger charge is -2.06. The number of rotatable bonds is 0. The standard InChI is InChI=1S/C8H2Cl2N2O2/c9-5-3(1-11)7(13)6(10)8(14)4(5)2-12/h13-14H. The number of hydrogen-bond acceptors (Lipinski definition) is 4. The van der Waals surface area contributed by atoms with Crippen LogP contribution in [0.1, 0.15) is 11.1 Å². The molecular formula is C8H2Cl2N2O2. The van der Waals surface area contributed by atoms with E-state index in [9.17, 15) is 10.2 Å². The number of hydrogen-bond donors (Lipinski definition) is 2. The number of phenols is 2. The maximum absolute atomic E-state index is 9.27. The predicted molar refractivity (Wildman–Crippen MR) is 49.2 cm³/mol. The van der Waals surface area contributed by atoms with Crippen molar-refractivity contribution in [3.8, 4) is 23.6 Å². The van der Waals surface area contributed by atoms with E-state index < -0.39 is 16.5 Å². The summed E-state index contributed by atoms with van der Waals surface area (Å²) in [5.41, 5.74) is -0.656. The molecule has 0 heterocycles. The summed E-state index contributed by atoms with van der Waals surface area (Å²) in [6, 6.07) is 3.16. The second-order valence-corrected chi connectivity index (χ2v) is 3.05. The van der Waals surface area contributed by atoms with Crippen LogP contribution < -0.4 is 0 Å². The van der Waals surface area contributed by atoms with E-state index in [4.69, 9.17) is 33.7 Å². The Morgan fingerprint density at radius 3 is 1.50 bits per heavy atom. The third-order valence-corrected chi connectivity index (χ3v) is 2.29. The maximum atomic E-state index is 9.27. The molecule has 14 heavy (non-hydrogen) atoms. The molecule has 0 aliphatic carbocycles. The third kappa shape index (κ3) is 1.31. The SMILES string of the molecule is N#Cc1c(O)c(Cl)c(O)c(C#N)c1Cl. The van der Waals surface area contributed by atoms with E-state index in [1.165, 1.54) is 0 Å². The molecule has 0 saturated heterocycles. The molecular weight excluding hydrogens is 227 g/mol. The lowest BCUT2D eigenvalue weighted by molar-refractivity contribution is 0.449. The van der Waals surface area contributed by atoms with Gasteiger partial charge in [0.05, 0.1) is 5.02 Å². The van der Waals surface area contributed by atoms with Gasteiger partial charge in [-0.2, -0.15) is 10.5 Å². The second kappa shape index (κ2) is 3.63. The van der Waals surface area contributed by atoms with Crippen LogP contribution in [-0.4, -0.2) is 10.2 Å². The molecule has 0 unspecified atom stereocenters. The summed E-state index contributed by atoms with van der Waals surface area (Å²) in [6.45, 7) is 0. The minimum atomic E-state index is -0.629. The summed E-state index contributed by atoms with van der Waals surface area (Å²) in [5.74, 6) is -1.26. The number of benzene rings is 1. The van der Waals surface area contributed by atoms with Gasteiger partial charge in [-0.3, -0.25) is 0 Å². The highest BCUT2D eigenvalue weighted by Gasteiger charge is 2.21. The summed E-state index contributed by atoms with van der Waals surface area (Å²) in [5, 5.41) is 35.0. The molecule has 0 aromatic heterocycles. The van der Waals surface area contributed by atoms with Crippen molar-refractivity contribution >= 4 is 23.2 Å². The fourth-order valence-corrected chi connectivity index (χ4v) is 1.32. The van der Waals surface area contributed by atoms with Gasteiger partial charge in [-0.05, 0) is 0 Å². The van der Waals surface area contributed by atoms with Crippen LogP contribution >= 0.6 is 23.2 Å². The van der Waals surface area contributed by atoms with Gasteiger partial charge >= 0.3 is 0 Å². The Labute approximate surface area is 89.1 Å². The lowest BCUT2D eigenvalue weighted by atomic mass is 10.1. The third-order valence-electron chi connectivity index (χ3n) is 1.55. The summed E-state index contributed by atoms with van der Waals surface area (Å²) < 4.78 is 0. The highest BCUT2D eigenvalue weighted by Crippen LogP contribution is 2.42. The zero-order valence-electron chi connectivity index (χ0n) is 6.54. The molecule has 0 aliphatic heterocycles. The topological polar surface area (TPSA) is 88.0 Å². The normalized spacial score (nSPS) is 9.14. The molecule has 0 aliphatic rings. The number of nitriles is 2. The molecule has 4 nitrogen and oxygen atoms in total. The van der Waals surface area contributed by atoms with E-state index in [0.29, 0.717) is 0 Å². The molecule has 0 amide bonds. The van der Waals surface area contributed by atoms with Gasteiger partial charge in [-0.15, -0.1) is 0 Å². The molecule has 70 valence electrons. The fraction of sp³-hybridized carbons (Fsp3) is 0. The minimum absolute atomic E-state index is 0.311. The molecule has 0 atom stereocenters. The molecule has 0 fully saturated rings. The number of aromatic hydroxyl groups is 2. The first kappa shape index (κ1) is 10.5. The van der Waals surface area contributed by atoms with Crippen molar-refractivity contribution in [2.75, 3.05) is 0 Å². The molecule has 1 rings (SSSR count). The van der Waals surface area contributed by atoms with Crippen molar-refractivity contribution in [1.82, 2.24) is 0 Å². The van der Waals surface area contributed by atoms with Crippen molar-refractivity contribution in [3.63, 3.8) is 0 Å². The fourth-order valence-electron chi connectivity index (χ4n) is 0.869. The Balaban J connectivity index is 3.78. The van der Waals surface area contributed by atoms with E-state index in [-0.39, 0.29) is 16.1 Å². The number of nitrogens with zero attached hydrogens (tertiary/aromatic N) is 2. The smallest absolute Gasteiger partial charge is 0.157 e. The zero-order valence-corrected chi connectivity index (χ0v) is 8.06. The highest BCUT2D eigenvalue weighted by molar-refractivity contribution is 6.37. The van der Waals surface area contributed by atoms with Crippen molar-refractivity contribution < 1.29 is 10.2 Å². The molecule has 0 bridgehead atoms.